The molecule has 0 fully saturated rings. The van der Waals surface area contributed by atoms with Crippen molar-refractivity contribution in [1.82, 2.24) is 9.99 Å². The summed E-state index contributed by atoms with van der Waals surface area (Å²) in [7, 11) is 0. The van der Waals surface area contributed by atoms with Crippen molar-refractivity contribution in [3.63, 3.8) is 0 Å². The number of aryl methyl sites for hydroxylation is 1. The van der Waals surface area contributed by atoms with Gasteiger partial charge in [0.1, 0.15) is 5.82 Å². The lowest BCUT2D eigenvalue weighted by Gasteiger charge is -2.09. The molecule has 26 heavy (non-hydrogen) atoms. The number of amides is 1. The van der Waals surface area contributed by atoms with Crippen molar-refractivity contribution in [2.24, 2.45) is 5.10 Å². The van der Waals surface area contributed by atoms with Crippen LogP contribution in [0.5, 0.6) is 0 Å². The third-order valence-electron chi connectivity index (χ3n) is 4.16. The number of carbonyl (C=O) groups excluding carboxylic acids is 1. The summed E-state index contributed by atoms with van der Waals surface area (Å²) in [5.74, 6) is -0.432. The SMILES string of the molecule is Cc1cc(/C=N/NC(=O)Cc2ccccc2)c(C)n1-c1ccc(F)cc1. The Morgan fingerprint density at radius 3 is 2.50 bits per heavy atom. The van der Waals surface area contributed by atoms with Gasteiger partial charge >= 0.3 is 0 Å². The summed E-state index contributed by atoms with van der Waals surface area (Å²) in [5.41, 5.74) is 7.25. The Labute approximate surface area is 152 Å². The van der Waals surface area contributed by atoms with Crippen molar-refractivity contribution in [2.45, 2.75) is 20.3 Å². The maximum absolute atomic E-state index is 13.1. The van der Waals surface area contributed by atoms with Gasteiger partial charge in [0.05, 0.1) is 12.6 Å². The van der Waals surface area contributed by atoms with Crippen molar-refractivity contribution in [2.75, 3.05) is 0 Å². The minimum atomic E-state index is -0.265. The van der Waals surface area contributed by atoms with E-state index in [1.807, 2.05) is 54.8 Å². The number of hydrazone groups is 1. The van der Waals surface area contributed by atoms with Gasteiger partial charge in [0.2, 0.25) is 5.91 Å². The molecule has 1 heterocycles. The Hall–Kier alpha value is -3.21. The van der Waals surface area contributed by atoms with E-state index in [-0.39, 0.29) is 18.1 Å². The van der Waals surface area contributed by atoms with Gasteiger partial charge < -0.3 is 4.57 Å². The van der Waals surface area contributed by atoms with Crippen LogP contribution in [-0.2, 0) is 11.2 Å². The number of nitrogens with one attached hydrogen (secondary N) is 1. The highest BCUT2D eigenvalue weighted by Gasteiger charge is 2.09. The van der Waals surface area contributed by atoms with Crippen LogP contribution in [0, 0.1) is 19.7 Å². The highest BCUT2D eigenvalue weighted by molar-refractivity contribution is 5.84. The topological polar surface area (TPSA) is 46.4 Å². The van der Waals surface area contributed by atoms with Crippen molar-refractivity contribution in [3.8, 4) is 5.69 Å². The predicted molar refractivity (Wildman–Crippen MR) is 101 cm³/mol. The molecule has 0 aliphatic heterocycles. The van der Waals surface area contributed by atoms with Crippen molar-refractivity contribution in [3.05, 3.63) is 89.0 Å². The van der Waals surface area contributed by atoms with Gasteiger partial charge in [-0.25, -0.2) is 9.82 Å². The maximum Gasteiger partial charge on any atom is 0.244 e. The molecule has 0 unspecified atom stereocenters. The second kappa shape index (κ2) is 7.78. The Bertz CT molecular complexity index is 928. The molecule has 132 valence electrons. The number of carbonyl (C=O) groups is 1. The summed E-state index contributed by atoms with van der Waals surface area (Å²) in [5, 5.41) is 4.06. The number of aromatic nitrogens is 1. The first kappa shape index (κ1) is 17.6. The van der Waals surface area contributed by atoms with E-state index in [0.29, 0.717) is 0 Å². The van der Waals surface area contributed by atoms with Gasteiger partial charge in [-0.05, 0) is 49.7 Å². The molecule has 0 spiro atoms. The van der Waals surface area contributed by atoms with Gasteiger partial charge in [0.25, 0.3) is 0 Å². The average Bonchev–Trinajstić information content (AvgIpc) is 2.90. The lowest BCUT2D eigenvalue weighted by atomic mass is 10.1. The first-order valence-corrected chi connectivity index (χ1v) is 8.35. The molecule has 0 bridgehead atoms. The van der Waals surface area contributed by atoms with E-state index >= 15 is 0 Å². The number of hydrogen-bond acceptors (Lipinski definition) is 2. The quantitative estimate of drug-likeness (QED) is 0.551. The van der Waals surface area contributed by atoms with E-state index in [0.717, 1.165) is 28.2 Å². The molecule has 1 amide bonds. The van der Waals surface area contributed by atoms with Gasteiger partial charge in [-0.3, -0.25) is 4.79 Å². The Kier molecular flexibility index (Phi) is 5.27. The molecule has 0 atom stereocenters. The monoisotopic (exact) mass is 349 g/mol. The van der Waals surface area contributed by atoms with Crippen LogP contribution in [0.4, 0.5) is 4.39 Å². The standard InChI is InChI=1S/C21H20FN3O/c1-15-12-18(16(2)25(15)20-10-8-19(22)9-11-20)14-23-24-21(26)13-17-6-4-3-5-7-17/h3-12,14H,13H2,1-2H3,(H,24,26)/b23-14+. The molecule has 0 aliphatic rings. The summed E-state index contributed by atoms with van der Waals surface area (Å²) >= 11 is 0. The van der Waals surface area contributed by atoms with Crippen LogP contribution in [0.1, 0.15) is 22.5 Å². The summed E-state index contributed by atoms with van der Waals surface area (Å²) < 4.78 is 15.2. The first-order valence-electron chi connectivity index (χ1n) is 8.35. The lowest BCUT2D eigenvalue weighted by molar-refractivity contribution is -0.120. The Balaban J connectivity index is 1.70. The van der Waals surface area contributed by atoms with E-state index in [2.05, 4.69) is 10.5 Å². The summed E-state index contributed by atoms with van der Waals surface area (Å²) in [6.07, 6.45) is 1.91. The molecule has 2 aromatic carbocycles. The second-order valence-corrected chi connectivity index (χ2v) is 6.09. The third kappa shape index (κ3) is 4.06. The van der Waals surface area contributed by atoms with Crippen LogP contribution in [0.25, 0.3) is 5.69 Å². The molecule has 4 nitrogen and oxygen atoms in total. The zero-order chi connectivity index (χ0) is 18.5. The average molecular weight is 349 g/mol. The van der Waals surface area contributed by atoms with Gasteiger partial charge in [0, 0.05) is 22.6 Å². The number of halogens is 1. The number of nitrogens with zero attached hydrogens (tertiary/aromatic N) is 2. The van der Waals surface area contributed by atoms with Crippen LogP contribution in [-0.4, -0.2) is 16.7 Å². The van der Waals surface area contributed by atoms with Crippen LogP contribution in [0.2, 0.25) is 0 Å². The molecule has 0 radical (unpaired) electrons. The summed E-state index contributed by atoms with van der Waals surface area (Å²) in [4.78, 5) is 11.9. The molecule has 0 saturated carbocycles. The smallest absolute Gasteiger partial charge is 0.244 e. The highest BCUT2D eigenvalue weighted by Crippen LogP contribution is 2.20. The zero-order valence-electron chi connectivity index (χ0n) is 14.7. The predicted octanol–water partition coefficient (Wildman–Crippen LogP) is 3.93. The molecule has 1 aromatic heterocycles. The fraction of sp³-hybridized carbons (Fsp3) is 0.143. The fourth-order valence-electron chi connectivity index (χ4n) is 2.90. The molecule has 0 aliphatic carbocycles. The number of benzene rings is 2. The Morgan fingerprint density at radius 1 is 1.12 bits per heavy atom. The lowest BCUT2D eigenvalue weighted by Crippen LogP contribution is -2.19. The normalized spacial score (nSPS) is 11.0. The van der Waals surface area contributed by atoms with Crippen LogP contribution >= 0.6 is 0 Å². The van der Waals surface area contributed by atoms with Crippen LogP contribution in [0.15, 0.2) is 65.8 Å². The molecule has 0 saturated heterocycles. The molecular formula is C21H20FN3O. The van der Waals surface area contributed by atoms with E-state index in [9.17, 15) is 9.18 Å². The van der Waals surface area contributed by atoms with Crippen molar-refractivity contribution in [1.29, 1.82) is 0 Å². The van der Waals surface area contributed by atoms with Crippen molar-refractivity contribution < 1.29 is 9.18 Å². The summed E-state index contributed by atoms with van der Waals surface area (Å²) in [6.45, 7) is 3.94. The molecule has 3 rings (SSSR count). The van der Waals surface area contributed by atoms with Crippen LogP contribution in [0.3, 0.4) is 0 Å². The fourth-order valence-corrected chi connectivity index (χ4v) is 2.90. The molecule has 5 heteroatoms. The largest absolute Gasteiger partial charge is 0.318 e. The van der Waals surface area contributed by atoms with Gasteiger partial charge in [-0.2, -0.15) is 5.10 Å². The van der Waals surface area contributed by atoms with Gasteiger partial charge in [-0.1, -0.05) is 30.3 Å². The van der Waals surface area contributed by atoms with E-state index in [1.54, 1.807) is 18.3 Å². The van der Waals surface area contributed by atoms with E-state index in [1.165, 1.54) is 12.1 Å². The molecule has 1 N–H and O–H groups in total. The molecular weight excluding hydrogens is 329 g/mol. The second-order valence-electron chi connectivity index (χ2n) is 6.09. The minimum Gasteiger partial charge on any atom is -0.318 e. The van der Waals surface area contributed by atoms with E-state index in [4.69, 9.17) is 0 Å². The number of rotatable bonds is 5. The summed E-state index contributed by atoms with van der Waals surface area (Å²) in [6, 6.07) is 17.8. The Morgan fingerprint density at radius 2 is 1.81 bits per heavy atom. The molecule has 3 aromatic rings. The van der Waals surface area contributed by atoms with E-state index < -0.39 is 0 Å². The van der Waals surface area contributed by atoms with Gasteiger partial charge in [0.15, 0.2) is 0 Å². The van der Waals surface area contributed by atoms with Gasteiger partial charge in [-0.15, -0.1) is 0 Å². The number of hydrogen-bond donors (Lipinski definition) is 1. The maximum atomic E-state index is 13.1. The zero-order valence-corrected chi connectivity index (χ0v) is 14.7. The van der Waals surface area contributed by atoms with Crippen molar-refractivity contribution >= 4 is 12.1 Å². The van der Waals surface area contributed by atoms with Crippen LogP contribution < -0.4 is 5.43 Å². The third-order valence-corrected chi connectivity index (χ3v) is 4.16. The first-order chi connectivity index (χ1) is 12.5. The minimum absolute atomic E-state index is 0.167. The highest BCUT2D eigenvalue weighted by atomic mass is 19.1.